The van der Waals surface area contributed by atoms with Gasteiger partial charge >= 0.3 is 0 Å². The summed E-state index contributed by atoms with van der Waals surface area (Å²) >= 11 is 12.6. The van der Waals surface area contributed by atoms with Gasteiger partial charge in [0, 0.05) is 35.4 Å². The van der Waals surface area contributed by atoms with Crippen molar-refractivity contribution >= 4 is 45.8 Å². The summed E-state index contributed by atoms with van der Waals surface area (Å²) < 4.78 is 2.11. The smallest absolute Gasteiger partial charge is 0.240 e. The van der Waals surface area contributed by atoms with Crippen molar-refractivity contribution in [2.45, 2.75) is 37.9 Å². The van der Waals surface area contributed by atoms with Crippen molar-refractivity contribution < 1.29 is 9.90 Å². The van der Waals surface area contributed by atoms with Crippen molar-refractivity contribution in [1.82, 2.24) is 19.8 Å². The van der Waals surface area contributed by atoms with E-state index in [4.69, 9.17) is 23.2 Å². The maximum absolute atomic E-state index is 13.0. The van der Waals surface area contributed by atoms with Crippen LogP contribution in [-0.2, 0) is 4.79 Å². The van der Waals surface area contributed by atoms with E-state index in [9.17, 15) is 9.90 Å². The van der Waals surface area contributed by atoms with Crippen molar-refractivity contribution in [3.63, 3.8) is 0 Å². The van der Waals surface area contributed by atoms with Crippen molar-refractivity contribution in [2.24, 2.45) is 0 Å². The zero-order valence-electron chi connectivity index (χ0n) is 19.1. The number of rotatable bonds is 5. The van der Waals surface area contributed by atoms with Gasteiger partial charge in [-0.15, -0.1) is 0 Å². The van der Waals surface area contributed by atoms with Crippen molar-refractivity contribution in [1.29, 1.82) is 0 Å². The molecular weight excluding hydrogens is 473 g/mol. The molecule has 3 aromatic rings. The van der Waals surface area contributed by atoms with E-state index in [1.54, 1.807) is 6.07 Å². The fourth-order valence-electron chi connectivity index (χ4n) is 5.14. The molecule has 2 saturated heterocycles. The van der Waals surface area contributed by atoms with Crippen LogP contribution in [0.5, 0.6) is 0 Å². The second-order valence-corrected chi connectivity index (χ2v) is 9.97. The van der Waals surface area contributed by atoms with Crippen LogP contribution < -0.4 is 10.2 Å². The van der Waals surface area contributed by atoms with Crippen molar-refractivity contribution in [2.75, 3.05) is 37.7 Å². The SMILES string of the molecule is CC(c1ccc(Cl)cc1Cl)n1cnc2ccc(N3CCN(C(=O)[C@H]4CCCN4)C(CO)C3)cc21. The number of nitrogens with zero attached hydrogens (tertiary/aromatic N) is 4. The lowest BCUT2D eigenvalue weighted by atomic mass is 10.1. The lowest BCUT2D eigenvalue weighted by molar-refractivity contribution is -0.136. The van der Waals surface area contributed by atoms with Crippen LogP contribution in [0, 0.1) is 0 Å². The molecule has 0 aliphatic carbocycles. The summed E-state index contributed by atoms with van der Waals surface area (Å²) in [6.07, 6.45) is 3.73. The molecule has 1 aromatic heterocycles. The predicted octanol–water partition coefficient (Wildman–Crippen LogP) is 3.71. The first-order chi connectivity index (χ1) is 16.5. The van der Waals surface area contributed by atoms with Gasteiger partial charge in [-0.25, -0.2) is 4.98 Å². The Balaban J connectivity index is 1.39. The second kappa shape index (κ2) is 9.74. The topological polar surface area (TPSA) is 73.6 Å². The number of carbonyl (C=O) groups excluding carboxylic acids is 1. The van der Waals surface area contributed by atoms with Gasteiger partial charge in [-0.05, 0) is 62.2 Å². The first-order valence-electron chi connectivity index (χ1n) is 11.8. The number of aromatic nitrogens is 2. The predicted molar refractivity (Wildman–Crippen MR) is 136 cm³/mol. The highest BCUT2D eigenvalue weighted by Crippen LogP contribution is 2.32. The highest BCUT2D eigenvalue weighted by molar-refractivity contribution is 6.35. The average Bonchev–Trinajstić information content (AvgIpc) is 3.53. The molecule has 0 spiro atoms. The molecular formula is C25H29Cl2N5O2. The number of anilines is 1. The number of hydrogen-bond acceptors (Lipinski definition) is 5. The molecule has 9 heteroatoms. The number of fused-ring (bicyclic) bond motifs is 1. The number of aliphatic hydroxyl groups is 1. The standard InChI is InChI=1S/C25H29Cl2N5O2/c1-16(20-6-4-17(26)11-21(20)27)32-15-29-22-7-5-18(12-24(22)32)30-9-10-31(19(13-30)14-33)25(34)23-3-2-8-28-23/h4-7,11-12,15-16,19,23,28,33H,2-3,8-10,13-14H2,1H3/t16?,19?,23-/m1/s1. The number of benzene rings is 2. The fourth-order valence-corrected chi connectivity index (χ4v) is 5.71. The Morgan fingerprint density at radius 3 is 2.82 bits per heavy atom. The summed E-state index contributed by atoms with van der Waals surface area (Å²) in [5, 5.41) is 14.6. The molecule has 2 N–H and O–H groups in total. The minimum Gasteiger partial charge on any atom is -0.394 e. The Morgan fingerprint density at radius 2 is 2.09 bits per heavy atom. The van der Waals surface area contributed by atoms with Gasteiger partial charge in [-0.2, -0.15) is 0 Å². The molecule has 5 rings (SSSR count). The number of carbonyl (C=O) groups is 1. The minimum atomic E-state index is -0.226. The summed E-state index contributed by atoms with van der Waals surface area (Å²) in [6, 6.07) is 11.4. The molecule has 180 valence electrons. The Hall–Kier alpha value is -2.32. The molecule has 34 heavy (non-hydrogen) atoms. The van der Waals surface area contributed by atoms with E-state index >= 15 is 0 Å². The van der Waals surface area contributed by atoms with E-state index in [2.05, 4.69) is 38.8 Å². The largest absolute Gasteiger partial charge is 0.394 e. The van der Waals surface area contributed by atoms with Gasteiger partial charge in [0.25, 0.3) is 0 Å². The van der Waals surface area contributed by atoms with Crippen LogP contribution in [0.2, 0.25) is 10.0 Å². The number of amides is 1. The number of halogens is 2. The molecule has 2 aromatic carbocycles. The summed E-state index contributed by atoms with van der Waals surface area (Å²) in [5.74, 6) is 0.110. The van der Waals surface area contributed by atoms with Crippen LogP contribution in [0.1, 0.15) is 31.4 Å². The summed E-state index contributed by atoms with van der Waals surface area (Å²) in [6.45, 7) is 4.82. The van der Waals surface area contributed by atoms with Gasteiger partial charge in [0.05, 0.1) is 42.1 Å². The quantitative estimate of drug-likeness (QED) is 0.557. The number of nitrogens with one attached hydrogen (secondary N) is 1. The van der Waals surface area contributed by atoms with Crippen LogP contribution in [0.25, 0.3) is 11.0 Å². The van der Waals surface area contributed by atoms with Gasteiger partial charge in [0.15, 0.2) is 0 Å². The number of imidazole rings is 1. The molecule has 0 radical (unpaired) electrons. The van der Waals surface area contributed by atoms with Gasteiger partial charge in [0.2, 0.25) is 5.91 Å². The summed E-state index contributed by atoms with van der Waals surface area (Å²) in [7, 11) is 0. The highest BCUT2D eigenvalue weighted by Gasteiger charge is 2.35. The maximum atomic E-state index is 13.0. The van der Waals surface area contributed by atoms with Gasteiger partial charge in [0.1, 0.15) is 0 Å². The van der Waals surface area contributed by atoms with Gasteiger partial charge in [-0.3, -0.25) is 4.79 Å². The molecule has 2 fully saturated rings. The molecule has 2 unspecified atom stereocenters. The van der Waals surface area contributed by atoms with E-state index in [1.165, 1.54) is 0 Å². The third-order valence-electron chi connectivity index (χ3n) is 7.09. The first kappa shape index (κ1) is 23.4. The Morgan fingerprint density at radius 1 is 1.24 bits per heavy atom. The van der Waals surface area contributed by atoms with Crippen molar-refractivity contribution in [3.05, 3.63) is 58.3 Å². The van der Waals surface area contributed by atoms with Crippen molar-refractivity contribution in [3.8, 4) is 0 Å². The van der Waals surface area contributed by atoms with E-state index in [-0.39, 0.29) is 30.6 Å². The third-order valence-corrected chi connectivity index (χ3v) is 7.65. The zero-order chi connectivity index (χ0) is 23.8. The lowest BCUT2D eigenvalue weighted by Gasteiger charge is -2.42. The fraction of sp³-hybridized carbons (Fsp3) is 0.440. The Labute approximate surface area is 209 Å². The number of aliphatic hydroxyl groups excluding tert-OH is 1. The first-order valence-corrected chi connectivity index (χ1v) is 12.5. The molecule has 2 aliphatic heterocycles. The highest BCUT2D eigenvalue weighted by atomic mass is 35.5. The molecule has 3 heterocycles. The van der Waals surface area contributed by atoms with E-state index in [1.807, 2.05) is 29.4 Å². The van der Waals surface area contributed by atoms with Crippen LogP contribution in [0.4, 0.5) is 5.69 Å². The normalized spacial score (nSPS) is 21.9. The summed E-state index contributed by atoms with van der Waals surface area (Å²) in [5.41, 5.74) is 3.93. The Bertz CT molecular complexity index is 1190. The molecule has 3 atom stereocenters. The molecule has 7 nitrogen and oxygen atoms in total. The molecule has 2 aliphatic rings. The van der Waals surface area contributed by atoms with Crippen LogP contribution in [-0.4, -0.2) is 70.3 Å². The van der Waals surface area contributed by atoms with Crippen LogP contribution in [0.3, 0.4) is 0 Å². The Kier molecular flexibility index (Phi) is 6.71. The third kappa shape index (κ3) is 4.38. The number of piperazine rings is 1. The number of hydrogen-bond donors (Lipinski definition) is 2. The summed E-state index contributed by atoms with van der Waals surface area (Å²) in [4.78, 5) is 21.6. The van der Waals surface area contributed by atoms with Gasteiger partial charge < -0.3 is 24.8 Å². The van der Waals surface area contributed by atoms with E-state index in [0.29, 0.717) is 29.7 Å². The molecule has 0 bridgehead atoms. The van der Waals surface area contributed by atoms with E-state index in [0.717, 1.165) is 41.7 Å². The van der Waals surface area contributed by atoms with E-state index < -0.39 is 0 Å². The zero-order valence-corrected chi connectivity index (χ0v) is 20.6. The average molecular weight is 502 g/mol. The second-order valence-electron chi connectivity index (χ2n) is 9.13. The minimum absolute atomic E-state index is 0.0245. The van der Waals surface area contributed by atoms with Gasteiger partial charge in [-0.1, -0.05) is 29.3 Å². The molecule has 1 amide bonds. The maximum Gasteiger partial charge on any atom is 0.240 e. The monoisotopic (exact) mass is 501 g/mol. The van der Waals surface area contributed by atoms with Crippen LogP contribution in [0.15, 0.2) is 42.7 Å². The molecule has 0 saturated carbocycles. The lowest BCUT2D eigenvalue weighted by Crippen LogP contribution is -2.59. The van der Waals surface area contributed by atoms with Crippen LogP contribution >= 0.6 is 23.2 Å².